The number of imide groups is 1. The summed E-state index contributed by atoms with van der Waals surface area (Å²) in [6, 6.07) is 7.20. The van der Waals surface area contributed by atoms with Crippen LogP contribution in [0.3, 0.4) is 0 Å². The highest BCUT2D eigenvalue weighted by molar-refractivity contribution is 6.10. The van der Waals surface area contributed by atoms with Crippen LogP contribution in [-0.2, 0) is 9.59 Å². The molecular weight excluding hydrogens is 344 g/mol. The first-order chi connectivity index (χ1) is 13.0. The van der Waals surface area contributed by atoms with Gasteiger partial charge in [0.25, 0.3) is 5.91 Å². The van der Waals surface area contributed by atoms with Gasteiger partial charge < -0.3 is 15.5 Å². The highest BCUT2D eigenvalue weighted by atomic mass is 16.2. The smallest absolute Gasteiger partial charge is 0.325 e. The van der Waals surface area contributed by atoms with Gasteiger partial charge in [-0.15, -0.1) is 0 Å². The molecule has 3 rings (SSSR count). The summed E-state index contributed by atoms with van der Waals surface area (Å²) < 4.78 is 0. The van der Waals surface area contributed by atoms with Crippen LogP contribution >= 0.6 is 0 Å². The zero-order valence-electron chi connectivity index (χ0n) is 16.1. The zero-order valence-corrected chi connectivity index (χ0v) is 16.1. The number of piperidine rings is 1. The number of rotatable bonds is 6. The molecule has 146 valence electrons. The number of nitrogens with zero attached hydrogens (tertiary/aromatic N) is 2. The van der Waals surface area contributed by atoms with E-state index in [2.05, 4.69) is 15.5 Å². The molecule has 2 fully saturated rings. The average molecular weight is 372 g/mol. The fourth-order valence-corrected chi connectivity index (χ4v) is 3.80. The molecule has 0 unspecified atom stereocenters. The maximum Gasteiger partial charge on any atom is 0.325 e. The number of urea groups is 1. The third kappa shape index (κ3) is 3.91. The van der Waals surface area contributed by atoms with Crippen molar-refractivity contribution in [2.45, 2.75) is 51.5 Å². The van der Waals surface area contributed by atoms with E-state index in [1.165, 1.54) is 19.3 Å². The van der Waals surface area contributed by atoms with Gasteiger partial charge in [0.2, 0.25) is 5.91 Å². The fourth-order valence-electron chi connectivity index (χ4n) is 3.80. The van der Waals surface area contributed by atoms with Gasteiger partial charge in [-0.2, -0.15) is 0 Å². The summed E-state index contributed by atoms with van der Waals surface area (Å²) in [4.78, 5) is 40.4. The molecule has 0 saturated carbocycles. The second-order valence-corrected chi connectivity index (χ2v) is 7.25. The molecule has 2 aliphatic heterocycles. The summed E-state index contributed by atoms with van der Waals surface area (Å²) in [7, 11) is 0. The topological polar surface area (TPSA) is 81.8 Å². The van der Waals surface area contributed by atoms with Gasteiger partial charge in [-0.05, 0) is 56.4 Å². The lowest BCUT2D eigenvalue weighted by Gasteiger charge is -2.28. The molecule has 1 aromatic carbocycles. The van der Waals surface area contributed by atoms with Crippen molar-refractivity contribution >= 4 is 29.2 Å². The summed E-state index contributed by atoms with van der Waals surface area (Å²) >= 11 is 0. The number of carbonyl (C=O) groups is 3. The molecule has 4 amide bonds. The van der Waals surface area contributed by atoms with Crippen LogP contribution in [0.25, 0.3) is 0 Å². The Kier molecular flexibility index (Phi) is 5.68. The molecule has 27 heavy (non-hydrogen) atoms. The minimum absolute atomic E-state index is 0.277. The quantitative estimate of drug-likeness (QED) is 0.753. The van der Waals surface area contributed by atoms with E-state index in [0.29, 0.717) is 18.5 Å². The first-order valence-corrected chi connectivity index (χ1v) is 9.78. The Labute approximate surface area is 160 Å². The molecule has 2 saturated heterocycles. The molecule has 1 aromatic rings. The number of nitrogens with one attached hydrogen (secondary N) is 2. The van der Waals surface area contributed by atoms with Crippen molar-refractivity contribution in [1.29, 1.82) is 0 Å². The second kappa shape index (κ2) is 7.98. The molecule has 2 heterocycles. The fraction of sp³-hybridized carbons (Fsp3) is 0.550. The third-order valence-electron chi connectivity index (χ3n) is 5.63. The summed E-state index contributed by atoms with van der Waals surface area (Å²) in [5.74, 6) is -0.708. The van der Waals surface area contributed by atoms with Gasteiger partial charge in [0.15, 0.2) is 0 Å². The van der Waals surface area contributed by atoms with Crippen LogP contribution in [0.1, 0.15) is 46.0 Å². The number of hydrogen-bond acceptors (Lipinski definition) is 4. The first-order valence-electron chi connectivity index (χ1n) is 9.78. The summed E-state index contributed by atoms with van der Waals surface area (Å²) in [5, 5.41) is 5.50. The molecule has 0 radical (unpaired) electrons. The van der Waals surface area contributed by atoms with Gasteiger partial charge in [0.05, 0.1) is 0 Å². The van der Waals surface area contributed by atoms with Crippen molar-refractivity contribution in [3.8, 4) is 0 Å². The van der Waals surface area contributed by atoms with Gasteiger partial charge in [0, 0.05) is 24.5 Å². The number of hydrogen-bond donors (Lipinski definition) is 2. The van der Waals surface area contributed by atoms with E-state index in [4.69, 9.17) is 0 Å². The third-order valence-corrected chi connectivity index (χ3v) is 5.63. The van der Waals surface area contributed by atoms with Crippen LogP contribution in [0, 0.1) is 0 Å². The molecule has 2 N–H and O–H groups in total. The SMILES string of the molecule is CCC1(CC)NC(=O)N(CC(=O)Nc2ccc(N3CCCCC3)cc2)C1=O. The van der Waals surface area contributed by atoms with Crippen molar-refractivity contribution < 1.29 is 14.4 Å². The normalized spacial score (nSPS) is 19.2. The second-order valence-electron chi connectivity index (χ2n) is 7.25. The van der Waals surface area contributed by atoms with E-state index in [9.17, 15) is 14.4 Å². The molecule has 0 bridgehead atoms. The lowest BCUT2D eigenvalue weighted by atomic mass is 9.93. The molecule has 7 heteroatoms. The van der Waals surface area contributed by atoms with Crippen LogP contribution in [0.4, 0.5) is 16.2 Å². The molecule has 0 aromatic heterocycles. The minimum Gasteiger partial charge on any atom is -0.372 e. The van der Waals surface area contributed by atoms with Crippen LogP contribution in [0.5, 0.6) is 0 Å². The van der Waals surface area contributed by atoms with Gasteiger partial charge in [-0.1, -0.05) is 13.8 Å². The largest absolute Gasteiger partial charge is 0.372 e. The summed E-state index contributed by atoms with van der Waals surface area (Å²) in [5.41, 5.74) is 0.926. The highest BCUT2D eigenvalue weighted by Crippen LogP contribution is 2.25. The van der Waals surface area contributed by atoms with Crippen LogP contribution < -0.4 is 15.5 Å². The molecule has 0 aliphatic carbocycles. The average Bonchev–Trinajstić information content (AvgIpc) is 2.94. The maximum atomic E-state index is 12.6. The highest BCUT2D eigenvalue weighted by Gasteiger charge is 2.49. The Hall–Kier alpha value is -2.57. The number of amides is 4. The van der Waals surface area contributed by atoms with E-state index < -0.39 is 11.6 Å². The van der Waals surface area contributed by atoms with Crippen LogP contribution in [-0.4, -0.2) is 47.9 Å². The molecule has 0 spiro atoms. The Morgan fingerprint density at radius 1 is 1.07 bits per heavy atom. The van der Waals surface area contributed by atoms with E-state index in [-0.39, 0.29) is 18.4 Å². The first kappa shape index (κ1) is 19.2. The standard InChI is InChI=1S/C20H28N4O3/c1-3-20(4-2)18(26)24(19(27)22-20)14-17(25)21-15-8-10-16(11-9-15)23-12-6-5-7-13-23/h8-11H,3-7,12-14H2,1-2H3,(H,21,25)(H,22,27). The predicted octanol–water partition coefficient (Wildman–Crippen LogP) is 2.73. The van der Waals surface area contributed by atoms with E-state index in [1.807, 2.05) is 38.1 Å². The number of benzene rings is 1. The van der Waals surface area contributed by atoms with Crippen molar-refractivity contribution in [3.63, 3.8) is 0 Å². The van der Waals surface area contributed by atoms with Crippen molar-refractivity contribution in [1.82, 2.24) is 10.2 Å². The molecular formula is C20H28N4O3. The summed E-state index contributed by atoms with van der Waals surface area (Å²) in [6.45, 7) is 5.56. The number of carbonyl (C=O) groups excluding carboxylic acids is 3. The predicted molar refractivity (Wildman–Crippen MR) is 105 cm³/mol. The van der Waals surface area contributed by atoms with E-state index in [0.717, 1.165) is 23.7 Å². The lowest BCUT2D eigenvalue weighted by Crippen LogP contribution is -2.46. The van der Waals surface area contributed by atoms with Crippen molar-refractivity contribution in [3.05, 3.63) is 24.3 Å². The van der Waals surface area contributed by atoms with Gasteiger partial charge in [0.1, 0.15) is 12.1 Å². The van der Waals surface area contributed by atoms with Gasteiger partial charge >= 0.3 is 6.03 Å². The molecule has 2 aliphatic rings. The van der Waals surface area contributed by atoms with Crippen LogP contribution in [0.15, 0.2) is 24.3 Å². The van der Waals surface area contributed by atoms with Crippen LogP contribution in [0.2, 0.25) is 0 Å². The minimum atomic E-state index is -0.881. The van der Waals surface area contributed by atoms with Crippen molar-refractivity contribution in [2.24, 2.45) is 0 Å². The maximum absolute atomic E-state index is 12.6. The Bertz CT molecular complexity index is 706. The Balaban J connectivity index is 1.59. The van der Waals surface area contributed by atoms with Gasteiger partial charge in [-0.25, -0.2) is 4.79 Å². The van der Waals surface area contributed by atoms with Crippen molar-refractivity contribution in [2.75, 3.05) is 29.9 Å². The zero-order chi connectivity index (χ0) is 19.4. The molecule has 7 nitrogen and oxygen atoms in total. The number of anilines is 2. The van der Waals surface area contributed by atoms with E-state index in [1.54, 1.807) is 0 Å². The Morgan fingerprint density at radius 2 is 1.70 bits per heavy atom. The molecule has 0 atom stereocenters. The van der Waals surface area contributed by atoms with Gasteiger partial charge in [-0.3, -0.25) is 14.5 Å². The monoisotopic (exact) mass is 372 g/mol. The van der Waals surface area contributed by atoms with E-state index >= 15 is 0 Å². The lowest BCUT2D eigenvalue weighted by molar-refractivity contribution is -0.134. The Morgan fingerprint density at radius 3 is 2.26 bits per heavy atom. The summed E-state index contributed by atoms with van der Waals surface area (Å²) in [6.07, 6.45) is 4.71.